The van der Waals surface area contributed by atoms with Crippen LogP contribution in [-0.2, 0) is 19.3 Å². The smallest absolute Gasteiger partial charge is 0.0433 e. The van der Waals surface area contributed by atoms with Crippen molar-refractivity contribution in [1.82, 2.24) is 0 Å². The van der Waals surface area contributed by atoms with Gasteiger partial charge in [0.1, 0.15) is 0 Å². The van der Waals surface area contributed by atoms with Crippen LogP contribution in [0.25, 0.3) is 73.7 Å². The van der Waals surface area contributed by atoms with Crippen LogP contribution in [0.5, 0.6) is 0 Å². The molecule has 0 fully saturated rings. The lowest BCUT2D eigenvalue weighted by Gasteiger charge is -2.10. The quantitative estimate of drug-likeness (QED) is 0.155. The molecule has 9 rings (SSSR count). The lowest BCUT2D eigenvalue weighted by atomic mass is 9.95. The highest BCUT2D eigenvalue weighted by Crippen LogP contribution is 2.47. The Bertz CT molecular complexity index is 2300. The summed E-state index contributed by atoms with van der Waals surface area (Å²) in [5.41, 5.74) is 14.0. The van der Waals surface area contributed by atoms with Gasteiger partial charge in [0.15, 0.2) is 0 Å². The van der Waals surface area contributed by atoms with Crippen LogP contribution < -0.4 is 0 Å². The van der Waals surface area contributed by atoms with Gasteiger partial charge < -0.3 is 0 Å². The van der Waals surface area contributed by atoms with E-state index in [2.05, 4.69) is 123 Å². The Morgan fingerprint density at radius 1 is 0.447 bits per heavy atom. The predicted octanol–water partition coefficient (Wildman–Crippen LogP) is 14.0. The van der Waals surface area contributed by atoms with Gasteiger partial charge >= 0.3 is 0 Å². The molecule has 2 heterocycles. The summed E-state index contributed by atoms with van der Waals surface area (Å²) in [4.78, 5) is 0. The summed E-state index contributed by atoms with van der Waals surface area (Å²) in [6.07, 6.45) is 8.25. The molecular formula is C45H38S2. The highest BCUT2D eigenvalue weighted by molar-refractivity contribution is 7.27. The second kappa shape index (κ2) is 11.8. The molecule has 0 amide bonds. The van der Waals surface area contributed by atoms with Gasteiger partial charge in [-0.15, -0.1) is 22.7 Å². The van der Waals surface area contributed by atoms with Crippen molar-refractivity contribution in [3.8, 4) is 33.4 Å². The Hall–Kier alpha value is -4.24. The van der Waals surface area contributed by atoms with E-state index in [1.807, 2.05) is 22.7 Å². The van der Waals surface area contributed by atoms with E-state index < -0.39 is 0 Å². The third kappa shape index (κ3) is 4.76. The summed E-state index contributed by atoms with van der Waals surface area (Å²) in [5, 5.41) is 5.59. The maximum absolute atomic E-state index is 2.47. The summed E-state index contributed by atoms with van der Waals surface area (Å²) < 4.78 is 5.75. The molecule has 0 bridgehead atoms. The Morgan fingerprint density at radius 2 is 0.872 bits per heavy atom. The maximum atomic E-state index is 2.47. The Labute approximate surface area is 285 Å². The highest BCUT2D eigenvalue weighted by Gasteiger charge is 2.22. The molecule has 1 aliphatic rings. The molecule has 0 nitrogen and oxygen atoms in total. The molecule has 47 heavy (non-hydrogen) atoms. The molecule has 1 aliphatic carbocycles. The molecular weight excluding hydrogens is 605 g/mol. The zero-order chi connectivity index (χ0) is 31.5. The van der Waals surface area contributed by atoms with Crippen molar-refractivity contribution >= 4 is 63.0 Å². The number of benzene rings is 6. The Kier molecular flexibility index (Phi) is 7.25. The minimum absolute atomic E-state index is 1.01. The van der Waals surface area contributed by atoms with E-state index in [0.717, 1.165) is 19.3 Å². The fourth-order valence-electron chi connectivity index (χ4n) is 7.84. The minimum atomic E-state index is 1.01. The molecule has 6 aromatic carbocycles. The van der Waals surface area contributed by atoms with E-state index in [0.29, 0.717) is 0 Å². The first kappa shape index (κ1) is 28.9. The van der Waals surface area contributed by atoms with Gasteiger partial charge in [-0.25, -0.2) is 0 Å². The number of unbranched alkanes of at least 4 members (excludes halogenated alkanes) is 2. The van der Waals surface area contributed by atoms with Crippen LogP contribution in [0.1, 0.15) is 61.8 Å². The molecule has 0 radical (unpaired) electrons. The maximum Gasteiger partial charge on any atom is 0.0433 e. The van der Waals surface area contributed by atoms with E-state index in [4.69, 9.17) is 0 Å². The minimum Gasteiger partial charge on any atom is -0.134 e. The number of aryl methyl sites for hydroxylation is 2. The van der Waals surface area contributed by atoms with Crippen LogP contribution in [0.4, 0.5) is 0 Å². The summed E-state index contributed by atoms with van der Waals surface area (Å²) in [6.45, 7) is 4.57. The van der Waals surface area contributed by atoms with Crippen molar-refractivity contribution in [1.29, 1.82) is 0 Å². The fourth-order valence-corrected chi connectivity index (χ4v) is 10.6. The predicted molar refractivity (Wildman–Crippen MR) is 209 cm³/mol. The van der Waals surface area contributed by atoms with Crippen LogP contribution in [-0.4, -0.2) is 0 Å². The van der Waals surface area contributed by atoms with Crippen LogP contribution in [0, 0.1) is 0 Å². The first-order valence-corrected chi connectivity index (χ1v) is 19.0. The fraction of sp³-hybridized carbons (Fsp3) is 0.200. The van der Waals surface area contributed by atoms with Crippen molar-refractivity contribution < 1.29 is 0 Å². The second-order valence-electron chi connectivity index (χ2n) is 13.3. The third-order valence-corrected chi connectivity index (χ3v) is 13.0. The number of rotatable bonds is 8. The highest BCUT2D eigenvalue weighted by atomic mass is 32.1. The topological polar surface area (TPSA) is 0 Å². The first-order valence-electron chi connectivity index (χ1n) is 17.3. The van der Waals surface area contributed by atoms with Gasteiger partial charge in [-0.1, -0.05) is 124 Å². The van der Waals surface area contributed by atoms with Gasteiger partial charge in [0.25, 0.3) is 0 Å². The molecule has 0 unspecified atom stereocenters. The molecule has 0 spiro atoms. The van der Waals surface area contributed by atoms with Gasteiger partial charge in [-0.3, -0.25) is 0 Å². The van der Waals surface area contributed by atoms with E-state index in [1.54, 1.807) is 0 Å². The van der Waals surface area contributed by atoms with Crippen LogP contribution in [0.15, 0.2) is 109 Å². The van der Waals surface area contributed by atoms with Crippen molar-refractivity contribution in [2.24, 2.45) is 0 Å². The summed E-state index contributed by atoms with van der Waals surface area (Å²) >= 11 is 3.98. The zero-order valence-electron chi connectivity index (χ0n) is 27.2. The molecule has 230 valence electrons. The number of fused-ring (bicyclic) bond motifs is 9. The molecule has 0 atom stereocenters. The number of thiophene rings is 2. The largest absolute Gasteiger partial charge is 0.134 e. The normalized spacial score (nSPS) is 12.5. The Balaban J connectivity index is 1.15. The van der Waals surface area contributed by atoms with Crippen molar-refractivity contribution in [2.45, 2.75) is 58.8 Å². The number of hydrogen-bond donors (Lipinski definition) is 0. The number of hydrogen-bond acceptors (Lipinski definition) is 2. The van der Waals surface area contributed by atoms with E-state index in [1.165, 1.54) is 122 Å². The van der Waals surface area contributed by atoms with E-state index >= 15 is 0 Å². The standard InChI is InChI=1S/C45H38S2/c1-3-5-11-28-13-7-17-36-38-19-9-15-34(44(38)46-42(28)36)32-23-21-30-25-31-22-24-33(27-41(31)40(30)26-32)35-16-10-20-39-37-18-8-14-29(12-6-4-2)43(37)47-45(35)39/h7-10,13-24,26-27H,3-6,11-12,25H2,1-2H3. The van der Waals surface area contributed by atoms with Crippen LogP contribution >= 0.6 is 22.7 Å². The van der Waals surface area contributed by atoms with Crippen molar-refractivity contribution in [3.05, 3.63) is 131 Å². The lowest BCUT2D eigenvalue weighted by molar-refractivity contribution is 0.799. The van der Waals surface area contributed by atoms with Crippen molar-refractivity contribution in [3.63, 3.8) is 0 Å². The molecule has 2 heteroatoms. The first-order chi connectivity index (χ1) is 23.2. The zero-order valence-corrected chi connectivity index (χ0v) is 28.8. The van der Waals surface area contributed by atoms with Gasteiger partial charge in [-0.05, 0) is 99.9 Å². The Morgan fingerprint density at radius 3 is 1.32 bits per heavy atom. The molecule has 8 aromatic rings. The van der Waals surface area contributed by atoms with E-state index in [-0.39, 0.29) is 0 Å². The summed E-state index contributed by atoms with van der Waals surface area (Å²) in [5.74, 6) is 0. The average Bonchev–Trinajstić information content (AvgIpc) is 3.81. The monoisotopic (exact) mass is 642 g/mol. The third-order valence-electron chi connectivity index (χ3n) is 10.3. The van der Waals surface area contributed by atoms with Crippen molar-refractivity contribution in [2.75, 3.05) is 0 Å². The average molecular weight is 643 g/mol. The second-order valence-corrected chi connectivity index (χ2v) is 15.3. The summed E-state index contributed by atoms with van der Waals surface area (Å²) in [6, 6.07) is 42.0. The van der Waals surface area contributed by atoms with Gasteiger partial charge in [0, 0.05) is 40.3 Å². The van der Waals surface area contributed by atoms with Crippen LogP contribution in [0.3, 0.4) is 0 Å². The molecule has 2 aromatic heterocycles. The van der Waals surface area contributed by atoms with Gasteiger partial charge in [0.05, 0.1) is 0 Å². The molecule has 0 saturated heterocycles. The lowest BCUT2D eigenvalue weighted by Crippen LogP contribution is -1.84. The molecule has 0 saturated carbocycles. The van der Waals surface area contributed by atoms with Gasteiger partial charge in [0.2, 0.25) is 0 Å². The van der Waals surface area contributed by atoms with Gasteiger partial charge in [-0.2, -0.15) is 0 Å². The summed E-state index contributed by atoms with van der Waals surface area (Å²) in [7, 11) is 0. The van der Waals surface area contributed by atoms with Crippen LogP contribution in [0.2, 0.25) is 0 Å². The SMILES string of the molecule is CCCCc1cccc2c1sc1c(-c3ccc4c(c3)-c3cc(-c5cccc6c5sc5c(CCCC)cccc56)ccc3C4)cccc12. The molecule has 0 aliphatic heterocycles. The molecule has 0 N–H and O–H groups in total. The van der Waals surface area contributed by atoms with E-state index in [9.17, 15) is 0 Å².